The fourth-order valence-electron chi connectivity index (χ4n) is 3.85. The van der Waals surface area contributed by atoms with Gasteiger partial charge in [-0.3, -0.25) is 9.59 Å². The van der Waals surface area contributed by atoms with Gasteiger partial charge in [0.15, 0.2) is 18.2 Å². The van der Waals surface area contributed by atoms with E-state index in [2.05, 4.69) is 4.74 Å². The highest BCUT2D eigenvalue weighted by molar-refractivity contribution is 6.31. The average Bonchev–Trinajstić information content (AvgIpc) is 2.90. The van der Waals surface area contributed by atoms with Gasteiger partial charge in [-0.1, -0.05) is 24.3 Å². The van der Waals surface area contributed by atoms with Crippen molar-refractivity contribution < 1.29 is 94.1 Å². The molecule has 0 saturated heterocycles. The Morgan fingerprint density at radius 3 is 1.40 bits per heavy atom. The van der Waals surface area contributed by atoms with Gasteiger partial charge in [-0.05, 0) is 0 Å². The molecule has 2 aromatic carbocycles. The summed E-state index contributed by atoms with van der Waals surface area (Å²) >= 11 is 0. The van der Waals surface area contributed by atoms with Crippen molar-refractivity contribution in [1.29, 1.82) is 0 Å². The minimum absolute atomic E-state index is 0.0577. The maximum absolute atomic E-state index is 14.3. The lowest BCUT2D eigenvalue weighted by molar-refractivity contribution is -0.462. The van der Waals surface area contributed by atoms with Crippen LogP contribution in [0.5, 0.6) is 11.5 Å². The number of anilines is 1. The number of hydrogen-bond acceptors (Lipinski definition) is 5. The highest BCUT2D eigenvalue weighted by Gasteiger charge is 2.95. The number of phenols is 1. The maximum atomic E-state index is 14.3. The summed E-state index contributed by atoms with van der Waals surface area (Å²) in [6.45, 7) is -3.37. The molecule has 3 rings (SSSR count). The number of carbonyl (C=O) groups excluding carboxylic acids is 2. The number of rotatable bonds is 9. The van der Waals surface area contributed by atoms with Crippen molar-refractivity contribution in [2.75, 3.05) is 12.3 Å². The second-order valence-electron chi connectivity index (χ2n) is 9.20. The first-order valence-corrected chi connectivity index (χ1v) is 11.1. The lowest BCUT2D eigenvalue weighted by Gasteiger charge is -2.42. The maximum Gasteiger partial charge on any atom is 0.460 e. The third kappa shape index (κ3) is 4.60. The van der Waals surface area contributed by atoms with E-state index in [-0.39, 0.29) is 11.6 Å². The number of ketones is 2. The summed E-state index contributed by atoms with van der Waals surface area (Å²) in [5, 5.41) is 10.1. The van der Waals surface area contributed by atoms with Crippen molar-refractivity contribution in [2.24, 2.45) is 0 Å². The molecule has 0 bridgehead atoms. The summed E-state index contributed by atoms with van der Waals surface area (Å²) in [6.07, 6.45) is -7.87. The second kappa shape index (κ2) is 9.99. The quantitative estimate of drug-likeness (QED) is 0.142. The topological polar surface area (TPSA) is 89.6 Å². The molecule has 0 radical (unpaired) electrons. The van der Waals surface area contributed by atoms with Crippen LogP contribution in [0.3, 0.4) is 0 Å². The van der Waals surface area contributed by atoms with Gasteiger partial charge < -0.3 is 15.6 Å². The third-order valence-electron chi connectivity index (χ3n) is 6.38. The minimum Gasteiger partial charge on any atom is -0.507 e. The molecule has 0 atom stereocenters. The number of alkyl halides is 17. The Balaban J connectivity index is 2.02. The molecule has 2 aromatic rings. The summed E-state index contributed by atoms with van der Waals surface area (Å²) < 4.78 is 233. The summed E-state index contributed by atoms with van der Waals surface area (Å²) in [5.41, 5.74) is 1.56. The van der Waals surface area contributed by atoms with E-state index in [0.717, 1.165) is 12.1 Å². The molecule has 22 heteroatoms. The number of halogens is 17. The number of nitrogens with two attached hydrogens (primary N) is 1. The zero-order valence-electron chi connectivity index (χ0n) is 20.8. The smallest absolute Gasteiger partial charge is 0.460 e. The Labute approximate surface area is 236 Å². The summed E-state index contributed by atoms with van der Waals surface area (Å²) in [5.74, 6) is -63.2. The molecule has 0 saturated carbocycles. The van der Waals surface area contributed by atoms with Crippen LogP contribution in [-0.2, 0) is 0 Å². The van der Waals surface area contributed by atoms with Crippen LogP contribution in [0, 0.1) is 0 Å². The first-order valence-electron chi connectivity index (χ1n) is 11.1. The summed E-state index contributed by atoms with van der Waals surface area (Å²) in [6, 6.07) is 4.62. The van der Waals surface area contributed by atoms with Gasteiger partial charge in [0.1, 0.15) is 11.5 Å². The van der Waals surface area contributed by atoms with Gasteiger partial charge >= 0.3 is 47.6 Å². The van der Waals surface area contributed by atoms with Crippen molar-refractivity contribution in [3.63, 3.8) is 0 Å². The van der Waals surface area contributed by atoms with Gasteiger partial charge in [0, 0.05) is 17.2 Å². The molecule has 0 aromatic heterocycles. The number of aromatic hydroxyl groups is 1. The van der Waals surface area contributed by atoms with Crippen molar-refractivity contribution in [3.05, 3.63) is 52.6 Å². The van der Waals surface area contributed by atoms with E-state index >= 15 is 0 Å². The number of ether oxygens (including phenoxy) is 1. The van der Waals surface area contributed by atoms with Crippen molar-refractivity contribution >= 4 is 17.3 Å². The molecule has 5 nitrogen and oxygen atoms in total. The fourth-order valence-corrected chi connectivity index (χ4v) is 3.85. The van der Waals surface area contributed by atoms with Crippen LogP contribution in [0.4, 0.5) is 80.3 Å². The van der Waals surface area contributed by atoms with Crippen LogP contribution in [0.2, 0.25) is 0 Å². The number of benzene rings is 2. The molecule has 0 aliphatic heterocycles. The zero-order chi connectivity index (χ0) is 35.1. The first kappa shape index (κ1) is 35.5. The molecular formula is C23H10F17NO4. The average molecular weight is 687 g/mol. The van der Waals surface area contributed by atoms with Crippen molar-refractivity contribution in [3.8, 4) is 11.5 Å². The van der Waals surface area contributed by atoms with E-state index in [1.54, 1.807) is 0 Å². The first-order chi connectivity index (χ1) is 20.0. The monoisotopic (exact) mass is 687 g/mol. The number of carbonyl (C=O) groups is 2. The van der Waals surface area contributed by atoms with E-state index in [0.29, 0.717) is 0 Å². The largest absolute Gasteiger partial charge is 0.507 e. The van der Waals surface area contributed by atoms with Crippen LogP contribution in [0.25, 0.3) is 0 Å². The minimum atomic E-state index is -8.79. The molecule has 0 amide bonds. The van der Waals surface area contributed by atoms with Crippen LogP contribution < -0.4 is 10.5 Å². The van der Waals surface area contributed by atoms with E-state index in [1.165, 1.54) is 12.1 Å². The summed E-state index contributed by atoms with van der Waals surface area (Å²) in [7, 11) is 0. The van der Waals surface area contributed by atoms with Crippen LogP contribution >= 0.6 is 0 Å². The Hall–Kier alpha value is -4.01. The summed E-state index contributed by atoms with van der Waals surface area (Å²) in [4.78, 5) is 25.4. The van der Waals surface area contributed by atoms with Crippen LogP contribution in [-0.4, -0.2) is 70.9 Å². The molecule has 0 unspecified atom stereocenters. The van der Waals surface area contributed by atoms with Gasteiger partial charge in [0.05, 0.1) is 16.8 Å². The molecule has 45 heavy (non-hydrogen) atoms. The Morgan fingerprint density at radius 2 is 0.978 bits per heavy atom. The number of nitrogen functional groups attached to an aromatic ring is 1. The predicted octanol–water partition coefficient (Wildman–Crippen LogP) is 7.14. The van der Waals surface area contributed by atoms with E-state index in [9.17, 15) is 89.3 Å². The molecule has 1 aliphatic rings. The molecule has 0 spiro atoms. The lowest BCUT2D eigenvalue weighted by atomic mass is 9.82. The Morgan fingerprint density at radius 1 is 0.600 bits per heavy atom. The molecule has 250 valence electrons. The van der Waals surface area contributed by atoms with E-state index in [4.69, 9.17) is 5.73 Å². The van der Waals surface area contributed by atoms with Gasteiger partial charge in [0.25, 0.3) is 0 Å². The highest BCUT2D eigenvalue weighted by Crippen LogP contribution is 2.64. The van der Waals surface area contributed by atoms with Gasteiger partial charge in [-0.2, -0.15) is 74.6 Å². The van der Waals surface area contributed by atoms with Gasteiger partial charge in [0.2, 0.25) is 0 Å². The molecular weight excluding hydrogens is 677 g/mol. The number of hydrogen-bond donors (Lipinski definition) is 2. The lowest BCUT2D eigenvalue weighted by Crippen LogP contribution is -2.74. The number of phenolic OH excluding ortho intramolecular Hbond substituents is 1. The second-order valence-corrected chi connectivity index (χ2v) is 9.20. The molecule has 0 heterocycles. The molecule has 3 N–H and O–H groups in total. The van der Waals surface area contributed by atoms with E-state index < -0.39 is 99.7 Å². The predicted molar refractivity (Wildman–Crippen MR) is 112 cm³/mol. The third-order valence-corrected chi connectivity index (χ3v) is 6.38. The Kier molecular flexibility index (Phi) is 7.88. The molecule has 0 fully saturated rings. The SMILES string of the molecule is Nc1c(OCC(F)(F)C(F)(F)C(F)(F)C(F)(F)C(F)(F)C(F)(F)C(F)(F)C(F)(F)F)cc(O)c2c1C(=O)c1ccccc1C2=O. The zero-order valence-corrected chi connectivity index (χ0v) is 20.8. The normalized spacial score (nSPS) is 15.6. The van der Waals surface area contributed by atoms with Crippen LogP contribution in [0.1, 0.15) is 31.8 Å². The van der Waals surface area contributed by atoms with Gasteiger partial charge in [-0.25, -0.2) is 0 Å². The fraction of sp³-hybridized carbons (Fsp3) is 0.391. The van der Waals surface area contributed by atoms with Crippen molar-refractivity contribution in [2.45, 2.75) is 47.6 Å². The van der Waals surface area contributed by atoms with Gasteiger partial charge in [-0.15, -0.1) is 0 Å². The highest BCUT2D eigenvalue weighted by atomic mass is 19.4. The van der Waals surface area contributed by atoms with Crippen LogP contribution in [0.15, 0.2) is 30.3 Å². The molecule has 1 aliphatic carbocycles. The number of fused-ring (bicyclic) bond motifs is 2. The standard InChI is InChI=1S/C23H10F17NO4/c24-16(25,17(26,27)18(28,29)19(30,31)20(32,33)21(34,35)22(36,37)23(38,39)40)6-45-10-5-9(42)11-12(13(10)41)15(44)8-4-2-1-3-7(8)14(11)43/h1-5,42H,6,41H2. The Bertz CT molecular complexity index is 1550. The van der Waals surface area contributed by atoms with Crippen molar-refractivity contribution in [1.82, 2.24) is 0 Å². The van der Waals surface area contributed by atoms with E-state index in [1.807, 2.05) is 0 Å².